The lowest BCUT2D eigenvalue weighted by Gasteiger charge is -2.28. The first-order valence-corrected chi connectivity index (χ1v) is 10.3. The quantitative estimate of drug-likeness (QED) is 0.355. The Bertz CT molecular complexity index is 1350. The molecule has 1 aliphatic rings. The Labute approximate surface area is 190 Å². The summed E-state index contributed by atoms with van der Waals surface area (Å²) in [6, 6.07) is 15.4. The van der Waals surface area contributed by atoms with Crippen LogP contribution in [0.5, 0.6) is 0 Å². The van der Waals surface area contributed by atoms with Gasteiger partial charge in [0.15, 0.2) is 0 Å². The smallest absolute Gasteiger partial charge is 0.336 e. The van der Waals surface area contributed by atoms with E-state index in [4.69, 9.17) is 4.74 Å². The number of carbonyl (C=O) groups is 1. The van der Waals surface area contributed by atoms with Crippen LogP contribution in [0, 0.1) is 21.4 Å². The Morgan fingerprint density at radius 1 is 1.30 bits per heavy atom. The van der Waals surface area contributed by atoms with Crippen molar-refractivity contribution in [2.75, 3.05) is 11.9 Å². The van der Waals surface area contributed by atoms with Crippen molar-refractivity contribution in [1.29, 1.82) is 5.26 Å². The second-order valence-corrected chi connectivity index (χ2v) is 7.60. The standard InChI is InChI=1S/C24H21N5O4/c1-4-33-24(30)19-14(2)26-23-21(20(19)16-8-6-10-18(12-16)29(31)32)22(27-28(23)3)17-9-5-7-15(11-17)13-25/h5-12,20,26H,4H2,1-3H3. The van der Waals surface area contributed by atoms with Crippen LogP contribution < -0.4 is 5.32 Å². The summed E-state index contributed by atoms with van der Waals surface area (Å²) in [7, 11) is 1.77. The van der Waals surface area contributed by atoms with Crippen molar-refractivity contribution in [2.24, 2.45) is 7.05 Å². The summed E-state index contributed by atoms with van der Waals surface area (Å²) in [5.41, 5.74) is 3.86. The number of anilines is 1. The fourth-order valence-electron chi connectivity index (χ4n) is 4.15. The van der Waals surface area contributed by atoms with Crippen LogP contribution in [0.3, 0.4) is 0 Å². The van der Waals surface area contributed by atoms with E-state index in [1.807, 2.05) is 6.07 Å². The monoisotopic (exact) mass is 443 g/mol. The molecule has 0 aliphatic carbocycles. The average Bonchev–Trinajstić information content (AvgIpc) is 3.14. The third kappa shape index (κ3) is 3.83. The molecule has 33 heavy (non-hydrogen) atoms. The summed E-state index contributed by atoms with van der Waals surface area (Å²) in [5, 5.41) is 28.8. The van der Waals surface area contributed by atoms with Gasteiger partial charge in [-0.3, -0.25) is 14.8 Å². The topological polar surface area (TPSA) is 123 Å². The van der Waals surface area contributed by atoms with Crippen molar-refractivity contribution in [3.63, 3.8) is 0 Å². The molecule has 2 aromatic carbocycles. The zero-order valence-corrected chi connectivity index (χ0v) is 18.3. The molecule has 4 rings (SSSR count). The van der Waals surface area contributed by atoms with Gasteiger partial charge in [0.25, 0.3) is 5.69 Å². The van der Waals surface area contributed by atoms with E-state index in [0.29, 0.717) is 45.0 Å². The summed E-state index contributed by atoms with van der Waals surface area (Å²) in [6.45, 7) is 3.68. The van der Waals surface area contributed by atoms with Crippen molar-refractivity contribution in [3.8, 4) is 17.3 Å². The van der Waals surface area contributed by atoms with E-state index in [-0.39, 0.29) is 12.3 Å². The second kappa shape index (κ2) is 8.59. The molecule has 9 heteroatoms. The van der Waals surface area contributed by atoms with Gasteiger partial charge >= 0.3 is 5.97 Å². The Balaban J connectivity index is 2.01. The molecule has 1 atom stereocenters. The molecule has 3 aromatic rings. The lowest BCUT2D eigenvalue weighted by molar-refractivity contribution is -0.384. The predicted molar refractivity (Wildman–Crippen MR) is 121 cm³/mol. The molecule has 9 nitrogen and oxygen atoms in total. The van der Waals surface area contributed by atoms with Crippen LogP contribution in [0.4, 0.5) is 11.5 Å². The van der Waals surface area contributed by atoms with Gasteiger partial charge in [0.05, 0.1) is 34.4 Å². The van der Waals surface area contributed by atoms with Crippen LogP contribution in [0.15, 0.2) is 59.8 Å². The third-order valence-electron chi connectivity index (χ3n) is 5.55. The van der Waals surface area contributed by atoms with E-state index in [1.54, 1.807) is 55.9 Å². The number of hydrogen-bond acceptors (Lipinski definition) is 7. The van der Waals surface area contributed by atoms with Crippen LogP contribution in [0.1, 0.15) is 36.5 Å². The number of nitriles is 1. The predicted octanol–water partition coefficient (Wildman–Crippen LogP) is 4.26. The molecule has 0 saturated heterocycles. The number of esters is 1. The maximum Gasteiger partial charge on any atom is 0.336 e. The SMILES string of the molecule is CCOC(=O)C1=C(C)Nc2c(c(-c3cccc(C#N)c3)nn2C)C1c1cccc([N+](=O)[O-])c1. The molecule has 0 radical (unpaired) electrons. The zero-order valence-electron chi connectivity index (χ0n) is 18.3. The number of rotatable bonds is 5. The minimum Gasteiger partial charge on any atom is -0.463 e. The van der Waals surface area contributed by atoms with Gasteiger partial charge in [-0.05, 0) is 31.5 Å². The first kappa shape index (κ1) is 21.8. The number of benzene rings is 2. The highest BCUT2D eigenvalue weighted by Gasteiger charge is 2.38. The van der Waals surface area contributed by atoms with Gasteiger partial charge in [0.2, 0.25) is 0 Å². The fourth-order valence-corrected chi connectivity index (χ4v) is 4.15. The molecule has 0 fully saturated rings. The molecule has 1 N–H and O–H groups in total. The zero-order chi connectivity index (χ0) is 23.7. The normalized spacial score (nSPS) is 14.8. The van der Waals surface area contributed by atoms with Crippen molar-refractivity contribution in [1.82, 2.24) is 9.78 Å². The molecule has 1 aliphatic heterocycles. The molecule has 166 valence electrons. The van der Waals surface area contributed by atoms with Crippen LogP contribution in [0.25, 0.3) is 11.3 Å². The number of aromatic nitrogens is 2. The minimum absolute atomic E-state index is 0.0784. The van der Waals surface area contributed by atoms with Crippen molar-refractivity contribution in [3.05, 3.63) is 86.6 Å². The number of nitrogens with one attached hydrogen (secondary N) is 1. The van der Waals surface area contributed by atoms with Gasteiger partial charge in [-0.25, -0.2) is 4.79 Å². The molecular weight excluding hydrogens is 422 g/mol. The summed E-state index contributed by atoms with van der Waals surface area (Å²) in [5.74, 6) is -0.505. The molecular formula is C24H21N5O4. The van der Waals surface area contributed by atoms with Crippen LogP contribution >= 0.6 is 0 Å². The van der Waals surface area contributed by atoms with Crippen LogP contribution in [-0.2, 0) is 16.6 Å². The number of fused-ring (bicyclic) bond motifs is 1. The van der Waals surface area contributed by atoms with Gasteiger partial charge in [-0.15, -0.1) is 0 Å². The van der Waals surface area contributed by atoms with E-state index in [1.165, 1.54) is 12.1 Å². The van der Waals surface area contributed by atoms with Gasteiger partial charge in [0.1, 0.15) is 5.82 Å². The van der Waals surface area contributed by atoms with E-state index in [9.17, 15) is 20.2 Å². The first-order valence-electron chi connectivity index (χ1n) is 10.3. The van der Waals surface area contributed by atoms with Gasteiger partial charge < -0.3 is 10.1 Å². The molecule has 2 heterocycles. The maximum atomic E-state index is 13.1. The minimum atomic E-state index is -0.658. The third-order valence-corrected chi connectivity index (χ3v) is 5.55. The number of nitro benzene ring substituents is 1. The Hall–Kier alpha value is -4.45. The van der Waals surface area contributed by atoms with E-state index >= 15 is 0 Å². The molecule has 1 unspecified atom stereocenters. The summed E-state index contributed by atoms with van der Waals surface area (Å²) < 4.78 is 7.01. The van der Waals surface area contributed by atoms with E-state index in [0.717, 1.165) is 0 Å². The number of allylic oxidation sites excluding steroid dienone is 1. The van der Waals surface area contributed by atoms with Gasteiger partial charge in [-0.2, -0.15) is 10.4 Å². The number of nitrogens with zero attached hydrogens (tertiary/aromatic N) is 4. The summed E-state index contributed by atoms with van der Waals surface area (Å²) in [6.07, 6.45) is 0. The van der Waals surface area contributed by atoms with E-state index in [2.05, 4.69) is 16.5 Å². The highest BCUT2D eigenvalue weighted by atomic mass is 16.6. The van der Waals surface area contributed by atoms with Gasteiger partial charge in [0, 0.05) is 41.9 Å². The molecule has 0 saturated carbocycles. The summed E-state index contributed by atoms with van der Waals surface area (Å²) >= 11 is 0. The van der Waals surface area contributed by atoms with Crippen molar-refractivity contribution >= 4 is 17.5 Å². The van der Waals surface area contributed by atoms with Crippen LogP contribution in [-0.4, -0.2) is 27.3 Å². The highest BCUT2D eigenvalue weighted by Crippen LogP contribution is 2.47. The largest absolute Gasteiger partial charge is 0.463 e. The second-order valence-electron chi connectivity index (χ2n) is 7.60. The first-order chi connectivity index (χ1) is 15.8. The van der Waals surface area contributed by atoms with Gasteiger partial charge in [-0.1, -0.05) is 24.3 Å². The lowest BCUT2D eigenvalue weighted by atomic mass is 9.80. The number of carbonyl (C=O) groups excluding carboxylic acids is 1. The molecule has 0 bridgehead atoms. The van der Waals surface area contributed by atoms with Crippen molar-refractivity contribution < 1.29 is 14.5 Å². The van der Waals surface area contributed by atoms with E-state index < -0.39 is 16.8 Å². The molecule has 0 spiro atoms. The Morgan fingerprint density at radius 2 is 2.06 bits per heavy atom. The Kier molecular flexibility index (Phi) is 5.67. The van der Waals surface area contributed by atoms with Crippen molar-refractivity contribution in [2.45, 2.75) is 19.8 Å². The summed E-state index contributed by atoms with van der Waals surface area (Å²) in [4.78, 5) is 24.1. The maximum absolute atomic E-state index is 13.1. The van der Waals surface area contributed by atoms with Crippen LogP contribution in [0.2, 0.25) is 0 Å². The fraction of sp³-hybridized carbons (Fsp3) is 0.208. The highest BCUT2D eigenvalue weighted by molar-refractivity contribution is 5.95. The average molecular weight is 443 g/mol. The number of nitro groups is 1. The number of hydrogen-bond donors (Lipinski definition) is 1. The number of ether oxygens (including phenoxy) is 1. The molecule has 0 amide bonds. The number of aryl methyl sites for hydroxylation is 1. The number of non-ortho nitro benzene ring substituents is 1. The lowest BCUT2D eigenvalue weighted by Crippen LogP contribution is -2.25. The molecule has 1 aromatic heterocycles. The Morgan fingerprint density at radius 3 is 2.76 bits per heavy atom.